The van der Waals surface area contributed by atoms with Crippen molar-refractivity contribution in [2.45, 2.75) is 12.6 Å². The summed E-state index contributed by atoms with van der Waals surface area (Å²) in [7, 11) is 0. The molecule has 0 atom stereocenters. The second-order valence-corrected chi connectivity index (χ2v) is 6.39. The minimum absolute atomic E-state index is 0.0180. The van der Waals surface area contributed by atoms with Crippen molar-refractivity contribution in [3.05, 3.63) is 77.5 Å². The molecule has 3 aromatic rings. The van der Waals surface area contributed by atoms with Gasteiger partial charge in [-0.1, -0.05) is 6.07 Å². The second-order valence-electron chi connectivity index (χ2n) is 6.39. The summed E-state index contributed by atoms with van der Waals surface area (Å²) < 4.78 is 49.1. The van der Waals surface area contributed by atoms with Gasteiger partial charge in [0.1, 0.15) is 11.5 Å². The molecule has 148 valence electrons. The van der Waals surface area contributed by atoms with Crippen LogP contribution in [0.1, 0.15) is 21.5 Å². The van der Waals surface area contributed by atoms with Gasteiger partial charge in [0.2, 0.25) is 5.88 Å². The van der Waals surface area contributed by atoms with Gasteiger partial charge in [0.05, 0.1) is 24.1 Å². The molecule has 4 rings (SSSR count). The lowest BCUT2D eigenvalue weighted by Crippen LogP contribution is -2.12. The molecule has 1 aromatic heterocycles. The van der Waals surface area contributed by atoms with Gasteiger partial charge in [-0.2, -0.15) is 13.2 Å². The normalized spacial score (nSPS) is 12.8. The first-order valence-corrected chi connectivity index (χ1v) is 8.77. The monoisotopic (exact) mass is 400 g/mol. The number of carbonyl (C=O) groups is 1. The number of carbonyl (C=O) groups excluding carboxylic acids is 1. The summed E-state index contributed by atoms with van der Waals surface area (Å²) in [6, 6.07) is 12.8. The van der Waals surface area contributed by atoms with E-state index in [0.717, 1.165) is 29.9 Å². The predicted octanol–water partition coefficient (Wildman–Crippen LogP) is 5.08. The highest BCUT2D eigenvalue weighted by Crippen LogP contribution is 2.32. The van der Waals surface area contributed by atoms with E-state index in [9.17, 15) is 18.0 Å². The Labute approximate surface area is 164 Å². The number of anilines is 1. The van der Waals surface area contributed by atoms with Crippen LogP contribution in [-0.4, -0.2) is 17.5 Å². The number of fused-ring (bicyclic) bond motifs is 1. The Morgan fingerprint density at radius 2 is 1.97 bits per heavy atom. The Balaban J connectivity index is 1.42. The molecule has 0 saturated heterocycles. The van der Waals surface area contributed by atoms with Crippen molar-refractivity contribution >= 4 is 11.6 Å². The molecule has 1 amide bonds. The Morgan fingerprint density at radius 3 is 2.72 bits per heavy atom. The maximum atomic E-state index is 12.8. The van der Waals surface area contributed by atoms with Crippen LogP contribution in [0.25, 0.3) is 0 Å². The molecule has 8 heteroatoms. The van der Waals surface area contributed by atoms with E-state index in [1.165, 1.54) is 24.4 Å². The Kier molecular flexibility index (Phi) is 4.84. The van der Waals surface area contributed by atoms with Crippen LogP contribution in [0, 0.1) is 0 Å². The number of rotatable bonds is 4. The Hall–Kier alpha value is -3.55. The first kappa shape index (κ1) is 18.8. The molecule has 0 bridgehead atoms. The molecule has 0 spiro atoms. The number of hydrogen-bond donors (Lipinski definition) is 1. The lowest BCUT2D eigenvalue weighted by molar-refractivity contribution is -0.137. The van der Waals surface area contributed by atoms with Crippen LogP contribution in [0.4, 0.5) is 18.9 Å². The van der Waals surface area contributed by atoms with E-state index in [0.29, 0.717) is 17.9 Å². The van der Waals surface area contributed by atoms with E-state index in [1.807, 2.05) is 0 Å². The molecule has 0 radical (unpaired) electrons. The van der Waals surface area contributed by atoms with Crippen molar-refractivity contribution in [2.75, 3.05) is 11.9 Å². The molecule has 0 aliphatic carbocycles. The Bertz CT molecular complexity index is 1050. The third-order valence-corrected chi connectivity index (χ3v) is 4.33. The molecule has 1 aliphatic rings. The van der Waals surface area contributed by atoms with Crippen molar-refractivity contribution in [2.24, 2.45) is 0 Å². The SMILES string of the molecule is O=C(Nc1ccc(Oc2cccc(C(F)(F)F)c2)nc1)c1ccc2c(c1)CCO2. The van der Waals surface area contributed by atoms with Crippen LogP contribution in [0.2, 0.25) is 0 Å². The number of nitrogens with one attached hydrogen (secondary N) is 1. The largest absolute Gasteiger partial charge is 0.493 e. The van der Waals surface area contributed by atoms with Gasteiger partial charge >= 0.3 is 6.18 Å². The van der Waals surface area contributed by atoms with Crippen molar-refractivity contribution in [1.29, 1.82) is 0 Å². The first-order valence-electron chi connectivity index (χ1n) is 8.77. The number of amides is 1. The zero-order valence-electron chi connectivity index (χ0n) is 15.0. The molecule has 1 N–H and O–H groups in total. The van der Waals surface area contributed by atoms with Gasteiger partial charge in [-0.25, -0.2) is 4.98 Å². The van der Waals surface area contributed by atoms with Crippen LogP contribution < -0.4 is 14.8 Å². The molecule has 29 heavy (non-hydrogen) atoms. The van der Waals surface area contributed by atoms with Gasteiger partial charge in [-0.15, -0.1) is 0 Å². The average Bonchev–Trinajstić information content (AvgIpc) is 3.17. The average molecular weight is 400 g/mol. The number of halogens is 3. The van der Waals surface area contributed by atoms with E-state index in [4.69, 9.17) is 9.47 Å². The molecular weight excluding hydrogens is 385 g/mol. The fraction of sp³-hybridized carbons (Fsp3) is 0.143. The zero-order valence-corrected chi connectivity index (χ0v) is 15.0. The number of ether oxygens (including phenoxy) is 2. The number of pyridine rings is 1. The lowest BCUT2D eigenvalue weighted by atomic mass is 10.1. The summed E-state index contributed by atoms with van der Waals surface area (Å²) >= 11 is 0. The standard InChI is InChI=1S/C21H15F3N2O3/c22-21(23,24)15-2-1-3-17(11-15)29-19-7-5-16(12-25-19)26-20(27)14-4-6-18-13(10-14)8-9-28-18/h1-7,10-12H,8-9H2,(H,26,27). The lowest BCUT2D eigenvalue weighted by Gasteiger charge is -2.10. The summed E-state index contributed by atoms with van der Waals surface area (Å²) in [5.74, 6) is 0.619. The third kappa shape index (κ3) is 4.31. The third-order valence-electron chi connectivity index (χ3n) is 4.33. The smallest absolute Gasteiger partial charge is 0.416 e. The number of nitrogens with zero attached hydrogens (tertiary/aromatic N) is 1. The zero-order chi connectivity index (χ0) is 20.4. The van der Waals surface area contributed by atoms with Gasteiger partial charge in [-0.3, -0.25) is 4.79 Å². The topological polar surface area (TPSA) is 60.5 Å². The van der Waals surface area contributed by atoms with Crippen LogP contribution in [0.5, 0.6) is 17.4 Å². The van der Waals surface area contributed by atoms with E-state index in [-0.39, 0.29) is 17.5 Å². The van der Waals surface area contributed by atoms with Crippen molar-refractivity contribution in [1.82, 2.24) is 4.98 Å². The first-order chi connectivity index (χ1) is 13.9. The van der Waals surface area contributed by atoms with Crippen LogP contribution >= 0.6 is 0 Å². The Morgan fingerprint density at radius 1 is 1.10 bits per heavy atom. The second kappa shape index (κ2) is 7.46. The van der Waals surface area contributed by atoms with E-state index in [1.54, 1.807) is 24.3 Å². The van der Waals surface area contributed by atoms with Crippen molar-refractivity contribution in [3.8, 4) is 17.4 Å². The maximum Gasteiger partial charge on any atom is 0.416 e. The van der Waals surface area contributed by atoms with Crippen LogP contribution in [0.15, 0.2) is 60.8 Å². The molecule has 2 aromatic carbocycles. The molecule has 0 unspecified atom stereocenters. The number of hydrogen-bond acceptors (Lipinski definition) is 4. The minimum Gasteiger partial charge on any atom is -0.493 e. The number of aromatic nitrogens is 1. The molecule has 1 aliphatic heterocycles. The summed E-state index contributed by atoms with van der Waals surface area (Å²) in [5, 5.41) is 2.72. The fourth-order valence-corrected chi connectivity index (χ4v) is 2.90. The summed E-state index contributed by atoms with van der Waals surface area (Å²) in [6.07, 6.45) is -2.32. The minimum atomic E-state index is -4.45. The van der Waals surface area contributed by atoms with E-state index >= 15 is 0 Å². The quantitative estimate of drug-likeness (QED) is 0.664. The summed E-state index contributed by atoms with van der Waals surface area (Å²) in [5.41, 5.74) is 1.11. The highest BCUT2D eigenvalue weighted by Gasteiger charge is 2.30. The van der Waals surface area contributed by atoms with E-state index in [2.05, 4.69) is 10.3 Å². The van der Waals surface area contributed by atoms with Crippen LogP contribution in [-0.2, 0) is 12.6 Å². The van der Waals surface area contributed by atoms with Gasteiger partial charge in [-0.05, 0) is 48.0 Å². The predicted molar refractivity (Wildman–Crippen MR) is 99.3 cm³/mol. The van der Waals surface area contributed by atoms with Gasteiger partial charge in [0, 0.05) is 18.1 Å². The van der Waals surface area contributed by atoms with Gasteiger partial charge in [0.15, 0.2) is 0 Å². The van der Waals surface area contributed by atoms with Gasteiger partial charge in [0.25, 0.3) is 5.91 Å². The highest BCUT2D eigenvalue weighted by molar-refractivity contribution is 6.04. The molecular formula is C21H15F3N2O3. The van der Waals surface area contributed by atoms with Gasteiger partial charge < -0.3 is 14.8 Å². The van der Waals surface area contributed by atoms with Crippen LogP contribution in [0.3, 0.4) is 0 Å². The molecule has 0 saturated carbocycles. The summed E-state index contributed by atoms with van der Waals surface area (Å²) in [6.45, 7) is 0.609. The molecule has 5 nitrogen and oxygen atoms in total. The van der Waals surface area contributed by atoms with Crippen molar-refractivity contribution in [3.63, 3.8) is 0 Å². The van der Waals surface area contributed by atoms with E-state index < -0.39 is 11.7 Å². The maximum absolute atomic E-state index is 12.8. The fourth-order valence-electron chi connectivity index (χ4n) is 2.90. The summed E-state index contributed by atoms with van der Waals surface area (Å²) in [4.78, 5) is 16.4. The number of benzene rings is 2. The highest BCUT2D eigenvalue weighted by atomic mass is 19.4. The number of alkyl halides is 3. The van der Waals surface area contributed by atoms with Crippen molar-refractivity contribution < 1.29 is 27.4 Å². The molecule has 2 heterocycles. The molecule has 0 fully saturated rings.